The highest BCUT2D eigenvalue weighted by atomic mass is 35.5. The van der Waals surface area contributed by atoms with E-state index < -0.39 is 5.91 Å². The Morgan fingerprint density at radius 3 is 2.52 bits per heavy atom. The summed E-state index contributed by atoms with van der Waals surface area (Å²) in [4.78, 5) is 30.2. The zero-order valence-electron chi connectivity index (χ0n) is 15.2. The fraction of sp³-hybridized carbons (Fsp3) is 0. The maximum absolute atomic E-state index is 13.1. The molecule has 1 aromatic heterocycles. The van der Waals surface area contributed by atoms with Crippen LogP contribution in [0.2, 0.25) is 5.02 Å². The summed E-state index contributed by atoms with van der Waals surface area (Å²) < 4.78 is 1.16. The molecule has 29 heavy (non-hydrogen) atoms. The summed E-state index contributed by atoms with van der Waals surface area (Å²) in [5.41, 5.74) is 4.30. The van der Waals surface area contributed by atoms with E-state index in [1.165, 1.54) is 6.08 Å². The van der Waals surface area contributed by atoms with Crippen molar-refractivity contribution in [2.24, 2.45) is 0 Å². The van der Waals surface area contributed by atoms with Crippen LogP contribution in [0.15, 0.2) is 89.7 Å². The molecule has 6 heteroatoms. The first-order chi connectivity index (χ1) is 14.1. The van der Waals surface area contributed by atoms with Gasteiger partial charge in [0.2, 0.25) is 0 Å². The molecule has 1 N–H and O–H groups in total. The Morgan fingerprint density at radius 2 is 1.72 bits per heavy atom. The van der Waals surface area contributed by atoms with Gasteiger partial charge in [-0.2, -0.15) is 4.68 Å². The molecule has 0 aliphatic rings. The van der Waals surface area contributed by atoms with Crippen LogP contribution in [0.4, 0.5) is 0 Å². The fourth-order valence-corrected chi connectivity index (χ4v) is 3.13. The van der Waals surface area contributed by atoms with Crippen LogP contribution < -0.4 is 11.0 Å². The highest BCUT2D eigenvalue weighted by Gasteiger charge is 2.14. The summed E-state index contributed by atoms with van der Waals surface area (Å²) in [5.74, 6) is -0.144. The minimum Gasteiger partial charge on any atom is -0.268 e. The Labute approximate surface area is 171 Å². The molecule has 0 radical (unpaired) electrons. The highest BCUT2D eigenvalue weighted by molar-refractivity contribution is 6.30. The molecule has 1 amide bonds. The molecule has 4 aromatic rings. The van der Waals surface area contributed by atoms with Gasteiger partial charge in [-0.3, -0.25) is 15.0 Å². The molecule has 0 atom stereocenters. The third-order valence-corrected chi connectivity index (χ3v) is 4.54. The van der Waals surface area contributed by atoms with Gasteiger partial charge >= 0.3 is 0 Å². The SMILES string of the molecule is O=C(C=Cc1ccccc1)Nn1c(-c2cccc(Cl)c2)nc2ccccc2c1=O. The number of aromatic nitrogens is 2. The third kappa shape index (κ3) is 4.10. The van der Waals surface area contributed by atoms with Gasteiger partial charge in [0.05, 0.1) is 10.9 Å². The smallest absolute Gasteiger partial charge is 0.268 e. The van der Waals surface area contributed by atoms with E-state index in [0.717, 1.165) is 10.2 Å². The van der Waals surface area contributed by atoms with Crippen LogP contribution in [0.25, 0.3) is 28.4 Å². The molecule has 0 saturated carbocycles. The summed E-state index contributed by atoms with van der Waals surface area (Å²) in [5, 5.41) is 0.914. The molecule has 1 heterocycles. The Hall–Kier alpha value is -3.70. The first-order valence-corrected chi connectivity index (χ1v) is 9.31. The number of hydrogen-bond donors (Lipinski definition) is 1. The average Bonchev–Trinajstić information content (AvgIpc) is 2.75. The van der Waals surface area contributed by atoms with Gasteiger partial charge in [-0.25, -0.2) is 4.98 Å². The number of fused-ring (bicyclic) bond motifs is 1. The van der Waals surface area contributed by atoms with Gasteiger partial charge in [-0.15, -0.1) is 0 Å². The lowest BCUT2D eigenvalue weighted by molar-refractivity contribution is -0.112. The number of benzene rings is 3. The van der Waals surface area contributed by atoms with Crippen molar-refractivity contribution in [2.75, 3.05) is 5.43 Å². The van der Waals surface area contributed by atoms with Crippen molar-refractivity contribution in [3.8, 4) is 11.4 Å². The molecular formula is C23H16ClN3O2. The van der Waals surface area contributed by atoms with Crippen molar-refractivity contribution in [3.05, 3.63) is 106 Å². The van der Waals surface area contributed by atoms with Crippen molar-refractivity contribution < 1.29 is 4.79 Å². The van der Waals surface area contributed by atoms with Gasteiger partial charge in [-0.05, 0) is 35.9 Å². The van der Waals surface area contributed by atoms with E-state index >= 15 is 0 Å². The number of halogens is 1. The average molecular weight is 402 g/mol. The molecular weight excluding hydrogens is 386 g/mol. The molecule has 4 rings (SSSR count). The van der Waals surface area contributed by atoms with Crippen LogP contribution in [0.5, 0.6) is 0 Å². The third-order valence-electron chi connectivity index (χ3n) is 4.31. The number of amides is 1. The van der Waals surface area contributed by atoms with Crippen LogP contribution in [0.3, 0.4) is 0 Å². The van der Waals surface area contributed by atoms with Gasteiger partial charge in [0.15, 0.2) is 5.82 Å². The molecule has 0 unspecified atom stereocenters. The molecule has 0 saturated heterocycles. The number of hydrogen-bond acceptors (Lipinski definition) is 3. The molecule has 0 aliphatic carbocycles. The van der Waals surface area contributed by atoms with E-state index in [9.17, 15) is 9.59 Å². The minimum atomic E-state index is -0.448. The number of nitrogens with one attached hydrogen (secondary N) is 1. The molecule has 3 aromatic carbocycles. The predicted molar refractivity (Wildman–Crippen MR) is 116 cm³/mol. The van der Waals surface area contributed by atoms with Crippen LogP contribution >= 0.6 is 11.6 Å². The molecule has 0 aliphatic heterocycles. The number of nitrogens with zero attached hydrogens (tertiary/aromatic N) is 2. The fourth-order valence-electron chi connectivity index (χ4n) is 2.94. The number of carbonyl (C=O) groups excluding carboxylic acids is 1. The van der Waals surface area contributed by atoms with Gasteiger partial charge in [0.25, 0.3) is 11.5 Å². The van der Waals surface area contributed by atoms with E-state index in [1.807, 2.05) is 36.4 Å². The van der Waals surface area contributed by atoms with E-state index in [-0.39, 0.29) is 5.56 Å². The summed E-state index contributed by atoms with van der Waals surface area (Å²) in [6, 6.07) is 23.4. The van der Waals surface area contributed by atoms with E-state index in [4.69, 9.17) is 11.6 Å². The molecule has 0 bridgehead atoms. The molecule has 0 spiro atoms. The van der Waals surface area contributed by atoms with Crippen molar-refractivity contribution in [2.45, 2.75) is 0 Å². The zero-order chi connectivity index (χ0) is 20.2. The Kier molecular flexibility index (Phi) is 5.22. The lowest BCUT2D eigenvalue weighted by atomic mass is 10.2. The standard InChI is InChI=1S/C23H16ClN3O2/c24-18-10-6-9-17(15-18)22-25-20-12-5-4-11-19(20)23(29)27(22)26-21(28)14-13-16-7-2-1-3-8-16/h1-15H,(H,26,28). The van der Waals surface area contributed by atoms with E-state index in [1.54, 1.807) is 48.5 Å². The van der Waals surface area contributed by atoms with Crippen LogP contribution in [-0.2, 0) is 4.79 Å². The second-order valence-corrected chi connectivity index (χ2v) is 6.76. The summed E-state index contributed by atoms with van der Waals surface area (Å²) in [7, 11) is 0. The molecule has 142 valence electrons. The van der Waals surface area contributed by atoms with Gasteiger partial charge < -0.3 is 0 Å². The molecule has 5 nitrogen and oxygen atoms in total. The Balaban J connectivity index is 1.78. The highest BCUT2D eigenvalue weighted by Crippen LogP contribution is 2.21. The second-order valence-electron chi connectivity index (χ2n) is 6.32. The van der Waals surface area contributed by atoms with Crippen molar-refractivity contribution in [3.63, 3.8) is 0 Å². The van der Waals surface area contributed by atoms with Crippen molar-refractivity contribution in [1.82, 2.24) is 9.66 Å². The maximum atomic E-state index is 13.1. The van der Waals surface area contributed by atoms with Crippen molar-refractivity contribution >= 4 is 34.5 Å². The van der Waals surface area contributed by atoms with Crippen LogP contribution in [0, 0.1) is 0 Å². The summed E-state index contributed by atoms with van der Waals surface area (Å²) in [6.45, 7) is 0. The molecule has 0 fully saturated rings. The monoisotopic (exact) mass is 401 g/mol. The predicted octanol–water partition coefficient (Wildman–Crippen LogP) is 4.50. The lowest BCUT2D eigenvalue weighted by Crippen LogP contribution is -2.34. The Bertz CT molecular complexity index is 1280. The summed E-state index contributed by atoms with van der Waals surface area (Å²) >= 11 is 6.11. The van der Waals surface area contributed by atoms with Crippen LogP contribution in [-0.4, -0.2) is 15.6 Å². The maximum Gasteiger partial charge on any atom is 0.280 e. The number of rotatable bonds is 4. The van der Waals surface area contributed by atoms with E-state index in [0.29, 0.717) is 27.3 Å². The van der Waals surface area contributed by atoms with Crippen LogP contribution in [0.1, 0.15) is 5.56 Å². The van der Waals surface area contributed by atoms with Crippen molar-refractivity contribution in [1.29, 1.82) is 0 Å². The first kappa shape index (κ1) is 18.7. The van der Waals surface area contributed by atoms with Gasteiger partial charge in [-0.1, -0.05) is 66.2 Å². The topological polar surface area (TPSA) is 64.0 Å². The number of carbonyl (C=O) groups is 1. The van der Waals surface area contributed by atoms with E-state index in [2.05, 4.69) is 10.4 Å². The normalized spacial score (nSPS) is 11.1. The van der Waals surface area contributed by atoms with Gasteiger partial charge in [0.1, 0.15) is 0 Å². The quantitative estimate of drug-likeness (QED) is 0.512. The lowest BCUT2D eigenvalue weighted by Gasteiger charge is -2.14. The van der Waals surface area contributed by atoms with Gasteiger partial charge in [0, 0.05) is 16.7 Å². The minimum absolute atomic E-state index is 0.303. The second kappa shape index (κ2) is 8.12. The largest absolute Gasteiger partial charge is 0.280 e. The number of para-hydroxylation sites is 1. The zero-order valence-corrected chi connectivity index (χ0v) is 16.0. The Morgan fingerprint density at radius 1 is 0.966 bits per heavy atom. The first-order valence-electron chi connectivity index (χ1n) is 8.94. The summed E-state index contributed by atoms with van der Waals surface area (Å²) in [6.07, 6.45) is 3.05.